The molecule has 1 aliphatic carbocycles. The van der Waals surface area contributed by atoms with Gasteiger partial charge in [-0.25, -0.2) is 0 Å². The van der Waals surface area contributed by atoms with Crippen molar-refractivity contribution in [2.45, 2.75) is 63.1 Å². The van der Waals surface area contributed by atoms with Crippen LogP contribution >= 0.6 is 0 Å². The fourth-order valence-electron chi connectivity index (χ4n) is 5.34. The second-order valence-electron chi connectivity index (χ2n) is 10.6. The van der Waals surface area contributed by atoms with E-state index in [1.807, 2.05) is 121 Å². The summed E-state index contributed by atoms with van der Waals surface area (Å²) in [6, 6.07) is 39.7. The van der Waals surface area contributed by atoms with E-state index in [-0.39, 0.29) is 6.61 Å². The van der Waals surface area contributed by atoms with E-state index in [9.17, 15) is 5.11 Å². The molecule has 4 aromatic rings. The molecule has 6 heteroatoms. The van der Waals surface area contributed by atoms with E-state index in [0.29, 0.717) is 26.4 Å². The second-order valence-corrected chi connectivity index (χ2v) is 10.6. The topological polar surface area (TPSA) is 66.4 Å². The summed E-state index contributed by atoms with van der Waals surface area (Å²) >= 11 is 0. The van der Waals surface area contributed by atoms with Crippen molar-refractivity contribution in [3.63, 3.8) is 0 Å². The van der Waals surface area contributed by atoms with Crippen LogP contribution in [0.2, 0.25) is 0 Å². The molecule has 4 aromatic carbocycles. The third-order valence-electron chi connectivity index (χ3n) is 7.52. The number of rotatable bonds is 15. The van der Waals surface area contributed by atoms with Gasteiger partial charge in [0, 0.05) is 0 Å². The molecule has 0 unspecified atom stereocenters. The zero-order chi connectivity index (χ0) is 29.7. The number of aliphatic hydroxyl groups is 1. The van der Waals surface area contributed by atoms with Gasteiger partial charge in [-0.2, -0.15) is 0 Å². The second kappa shape index (κ2) is 16.3. The van der Waals surface area contributed by atoms with Crippen LogP contribution in [-0.4, -0.2) is 48.3 Å². The molecular formula is C37H40O6. The first kappa shape index (κ1) is 30.8. The van der Waals surface area contributed by atoms with Gasteiger partial charge in [0.05, 0.1) is 33.0 Å². The van der Waals surface area contributed by atoms with Gasteiger partial charge in [-0.05, 0) is 22.3 Å². The Morgan fingerprint density at radius 3 is 1.05 bits per heavy atom. The minimum Gasteiger partial charge on any atom is -0.387 e. The van der Waals surface area contributed by atoms with Gasteiger partial charge in [0.2, 0.25) is 0 Å². The van der Waals surface area contributed by atoms with E-state index in [1.165, 1.54) is 0 Å². The maximum atomic E-state index is 11.9. The molecule has 0 radical (unpaired) electrons. The van der Waals surface area contributed by atoms with Crippen LogP contribution in [0.3, 0.4) is 0 Å². The minimum atomic E-state index is -1.06. The molecule has 1 fully saturated rings. The molecule has 1 saturated carbocycles. The molecule has 0 aromatic heterocycles. The molecule has 0 saturated heterocycles. The quantitative estimate of drug-likeness (QED) is 0.167. The zero-order valence-corrected chi connectivity index (χ0v) is 24.3. The van der Waals surface area contributed by atoms with Gasteiger partial charge in [-0.15, -0.1) is 6.58 Å². The lowest BCUT2D eigenvalue weighted by molar-refractivity contribution is -0.279. The van der Waals surface area contributed by atoms with E-state index in [4.69, 9.17) is 23.7 Å². The molecule has 0 aliphatic heterocycles. The summed E-state index contributed by atoms with van der Waals surface area (Å²) in [4.78, 5) is 0. The number of hydrogen-bond acceptors (Lipinski definition) is 6. The molecule has 0 bridgehead atoms. The molecular weight excluding hydrogens is 540 g/mol. The largest absolute Gasteiger partial charge is 0.387 e. The number of aliphatic hydroxyl groups excluding tert-OH is 1. The first-order valence-electron chi connectivity index (χ1n) is 14.8. The average Bonchev–Trinajstić information content (AvgIpc) is 3.06. The molecule has 0 amide bonds. The Morgan fingerprint density at radius 1 is 0.442 bits per heavy atom. The third kappa shape index (κ3) is 8.71. The summed E-state index contributed by atoms with van der Waals surface area (Å²) in [5.74, 6) is 0. The van der Waals surface area contributed by atoms with Gasteiger partial charge in [0.15, 0.2) is 0 Å². The standard InChI is InChI=1S/C37H40O6/c1-2-23-39-35-33(40-24-28-15-7-3-8-16-28)32(38)34(41-25-29-17-9-4-10-18-29)36(42-26-30-19-11-5-12-20-30)37(35)43-27-31-21-13-6-14-22-31/h2-22,32-38H,1,23-27H2/t32-,33-,34+,35-,36-,37-/m0/s1. The SMILES string of the molecule is C=CCO[C@@H]1[C@H](OCc2ccccc2)[C@@H](OCc2ccccc2)[C@H](OCc2ccccc2)[C@@H](O)[C@@H]1OCc1ccccc1. The normalized spacial score (nSPS) is 23.6. The highest BCUT2D eigenvalue weighted by atomic mass is 16.6. The van der Waals surface area contributed by atoms with Gasteiger partial charge in [0.25, 0.3) is 0 Å². The maximum absolute atomic E-state index is 11.9. The third-order valence-corrected chi connectivity index (χ3v) is 7.52. The van der Waals surface area contributed by atoms with Gasteiger partial charge in [-0.1, -0.05) is 127 Å². The van der Waals surface area contributed by atoms with Gasteiger partial charge in [0.1, 0.15) is 36.6 Å². The van der Waals surface area contributed by atoms with Crippen LogP contribution in [0.1, 0.15) is 22.3 Å². The van der Waals surface area contributed by atoms with Crippen LogP contribution in [0.25, 0.3) is 0 Å². The molecule has 6 nitrogen and oxygen atoms in total. The van der Waals surface area contributed by atoms with Crippen LogP contribution < -0.4 is 0 Å². The van der Waals surface area contributed by atoms with Crippen LogP contribution in [0.5, 0.6) is 0 Å². The lowest BCUT2D eigenvalue weighted by Crippen LogP contribution is -2.66. The molecule has 224 valence electrons. The van der Waals surface area contributed by atoms with E-state index >= 15 is 0 Å². The predicted molar refractivity (Wildman–Crippen MR) is 166 cm³/mol. The first-order chi connectivity index (χ1) is 21.2. The van der Waals surface area contributed by atoms with Crippen LogP contribution in [-0.2, 0) is 50.1 Å². The molecule has 6 atom stereocenters. The lowest BCUT2D eigenvalue weighted by atomic mass is 9.83. The van der Waals surface area contributed by atoms with E-state index in [1.54, 1.807) is 6.08 Å². The first-order valence-corrected chi connectivity index (χ1v) is 14.8. The Morgan fingerprint density at radius 2 is 0.721 bits per heavy atom. The monoisotopic (exact) mass is 580 g/mol. The number of benzene rings is 4. The summed E-state index contributed by atoms with van der Waals surface area (Å²) < 4.78 is 32.5. The fraction of sp³-hybridized carbons (Fsp3) is 0.297. The van der Waals surface area contributed by atoms with Gasteiger partial charge < -0.3 is 28.8 Å². The lowest BCUT2D eigenvalue weighted by Gasteiger charge is -2.48. The summed E-state index contributed by atoms with van der Waals surface area (Å²) in [7, 11) is 0. The van der Waals surface area contributed by atoms with Crippen molar-refractivity contribution in [1.82, 2.24) is 0 Å². The Balaban J connectivity index is 1.47. The minimum absolute atomic E-state index is 0.259. The average molecular weight is 581 g/mol. The molecule has 43 heavy (non-hydrogen) atoms. The highest BCUT2D eigenvalue weighted by Gasteiger charge is 2.53. The smallest absolute Gasteiger partial charge is 0.116 e. The Kier molecular flexibility index (Phi) is 11.7. The van der Waals surface area contributed by atoms with Crippen LogP contribution in [0.15, 0.2) is 134 Å². The Labute approximate surface area is 254 Å². The van der Waals surface area contributed by atoms with Crippen molar-refractivity contribution in [3.05, 3.63) is 156 Å². The molecule has 0 heterocycles. The van der Waals surface area contributed by atoms with Crippen LogP contribution in [0, 0.1) is 0 Å². The van der Waals surface area contributed by atoms with Crippen molar-refractivity contribution in [2.75, 3.05) is 6.61 Å². The van der Waals surface area contributed by atoms with Crippen molar-refractivity contribution in [1.29, 1.82) is 0 Å². The van der Waals surface area contributed by atoms with Gasteiger partial charge in [-0.3, -0.25) is 0 Å². The van der Waals surface area contributed by atoms with Crippen molar-refractivity contribution >= 4 is 0 Å². The van der Waals surface area contributed by atoms with E-state index < -0.39 is 36.6 Å². The number of ether oxygens (including phenoxy) is 5. The fourth-order valence-corrected chi connectivity index (χ4v) is 5.34. The molecule has 1 aliphatic rings. The van der Waals surface area contributed by atoms with Gasteiger partial charge >= 0.3 is 0 Å². The predicted octanol–water partition coefficient (Wildman–Crippen LogP) is 6.27. The molecule has 1 N–H and O–H groups in total. The van der Waals surface area contributed by atoms with Crippen molar-refractivity contribution in [2.24, 2.45) is 0 Å². The highest BCUT2D eigenvalue weighted by molar-refractivity contribution is 5.17. The van der Waals surface area contributed by atoms with E-state index in [2.05, 4.69) is 6.58 Å². The van der Waals surface area contributed by atoms with Crippen molar-refractivity contribution in [3.8, 4) is 0 Å². The molecule has 0 spiro atoms. The highest BCUT2D eigenvalue weighted by Crippen LogP contribution is 2.34. The van der Waals surface area contributed by atoms with E-state index in [0.717, 1.165) is 22.3 Å². The van der Waals surface area contributed by atoms with Crippen LogP contribution in [0.4, 0.5) is 0 Å². The van der Waals surface area contributed by atoms with Crippen molar-refractivity contribution < 1.29 is 28.8 Å². The summed E-state index contributed by atoms with van der Waals surface area (Å²) in [6.07, 6.45) is -2.81. The Hall–Kier alpha value is -3.62. The Bertz CT molecular complexity index is 1330. The summed E-state index contributed by atoms with van der Waals surface area (Å²) in [5, 5.41) is 11.9. The number of hydrogen-bond donors (Lipinski definition) is 1. The maximum Gasteiger partial charge on any atom is 0.116 e. The zero-order valence-electron chi connectivity index (χ0n) is 24.3. The summed E-state index contributed by atoms with van der Waals surface area (Å²) in [5.41, 5.74) is 4.00. The summed E-state index contributed by atoms with van der Waals surface area (Å²) in [6.45, 7) is 5.35. The molecule has 5 rings (SSSR count).